The first-order valence-electron chi connectivity index (χ1n) is 9.95. The van der Waals surface area contributed by atoms with Crippen LogP contribution in [0.1, 0.15) is 65.7 Å². The Balaban J connectivity index is 1.67. The van der Waals surface area contributed by atoms with Crippen molar-refractivity contribution in [3.8, 4) is 0 Å². The standard InChI is InChI=1S/C21H31NO3/c1-12-10-13-11-14(23)6-8-20(13,2)16-7-9-21(3)15(18(12)16)4-5-17(21)25-19(22)24/h11-12,15-18H,4-10H2,1-3H3,(H2,22,24)/t12-,15?,16?,17-,18?,20-,21-/m0/s1. The summed E-state index contributed by atoms with van der Waals surface area (Å²) < 4.78 is 5.53. The highest BCUT2D eigenvalue weighted by Gasteiger charge is 2.61. The molecule has 0 saturated heterocycles. The fourth-order valence-electron chi connectivity index (χ4n) is 7.19. The lowest BCUT2D eigenvalue weighted by Gasteiger charge is -2.59. The Morgan fingerprint density at radius 1 is 1.20 bits per heavy atom. The molecule has 3 fully saturated rings. The fraction of sp³-hybridized carbons (Fsp3) is 0.810. The predicted octanol–water partition coefficient (Wildman–Crippen LogP) is 4.23. The summed E-state index contributed by atoms with van der Waals surface area (Å²) in [5.74, 6) is 2.82. The SMILES string of the molecule is C[C@H]1CC2=CC(=O)CC[C@]2(C)C2CC[C@@]3(C)C(CC[C@@H]3OC(N)=O)C21. The van der Waals surface area contributed by atoms with Gasteiger partial charge in [0.2, 0.25) is 0 Å². The monoisotopic (exact) mass is 345 g/mol. The first-order chi connectivity index (χ1) is 11.8. The minimum absolute atomic E-state index is 0.0270. The lowest BCUT2D eigenvalue weighted by Crippen LogP contribution is -2.54. The van der Waals surface area contributed by atoms with Crippen molar-refractivity contribution >= 4 is 11.9 Å². The molecule has 0 radical (unpaired) electrons. The van der Waals surface area contributed by atoms with Crippen LogP contribution in [0.4, 0.5) is 4.79 Å². The van der Waals surface area contributed by atoms with E-state index in [0.29, 0.717) is 35.9 Å². The number of fused-ring (bicyclic) bond motifs is 5. The minimum atomic E-state index is -0.631. The van der Waals surface area contributed by atoms with E-state index in [1.165, 1.54) is 12.0 Å². The van der Waals surface area contributed by atoms with Crippen LogP contribution in [0.15, 0.2) is 11.6 Å². The molecule has 138 valence electrons. The van der Waals surface area contributed by atoms with Crippen molar-refractivity contribution in [3.05, 3.63) is 11.6 Å². The summed E-state index contributed by atoms with van der Waals surface area (Å²) in [4.78, 5) is 23.3. The van der Waals surface area contributed by atoms with E-state index < -0.39 is 6.09 Å². The third-order valence-electron chi connectivity index (χ3n) is 8.48. The third-order valence-corrected chi connectivity index (χ3v) is 8.48. The molecule has 4 rings (SSSR count). The summed E-state index contributed by atoms with van der Waals surface area (Å²) in [5.41, 5.74) is 6.99. The molecule has 4 aliphatic rings. The maximum Gasteiger partial charge on any atom is 0.404 e. The Morgan fingerprint density at radius 3 is 2.68 bits per heavy atom. The maximum atomic E-state index is 12.0. The number of rotatable bonds is 1. The summed E-state index contributed by atoms with van der Waals surface area (Å²) in [6, 6.07) is 0. The van der Waals surface area contributed by atoms with Crippen molar-refractivity contribution in [3.63, 3.8) is 0 Å². The molecule has 4 aliphatic carbocycles. The number of primary amides is 1. The van der Waals surface area contributed by atoms with E-state index in [2.05, 4.69) is 20.8 Å². The zero-order valence-corrected chi connectivity index (χ0v) is 15.7. The Bertz CT molecular complexity index is 641. The second-order valence-electron chi connectivity index (χ2n) is 9.57. The molecule has 0 aromatic heterocycles. The Labute approximate surface area is 150 Å². The smallest absolute Gasteiger partial charge is 0.404 e. The highest BCUT2D eigenvalue weighted by atomic mass is 16.6. The molecule has 4 nitrogen and oxygen atoms in total. The number of hydrogen-bond acceptors (Lipinski definition) is 3. The molecule has 3 saturated carbocycles. The van der Waals surface area contributed by atoms with Gasteiger partial charge in [-0.2, -0.15) is 0 Å². The second kappa shape index (κ2) is 5.59. The van der Waals surface area contributed by atoms with Gasteiger partial charge in [0.25, 0.3) is 0 Å². The largest absolute Gasteiger partial charge is 0.446 e. The van der Waals surface area contributed by atoms with Crippen LogP contribution < -0.4 is 5.73 Å². The van der Waals surface area contributed by atoms with Crippen molar-refractivity contribution in [2.24, 2.45) is 40.2 Å². The number of amides is 1. The topological polar surface area (TPSA) is 69.4 Å². The molecule has 2 N–H and O–H groups in total. The van der Waals surface area contributed by atoms with E-state index in [4.69, 9.17) is 10.5 Å². The predicted molar refractivity (Wildman–Crippen MR) is 95.7 cm³/mol. The number of carbonyl (C=O) groups excluding carboxylic acids is 2. The van der Waals surface area contributed by atoms with E-state index in [1.807, 2.05) is 6.08 Å². The molecule has 0 bridgehead atoms. The van der Waals surface area contributed by atoms with Crippen LogP contribution in [0.25, 0.3) is 0 Å². The number of allylic oxidation sites excluding steroid dienone is 1. The van der Waals surface area contributed by atoms with E-state index in [0.717, 1.165) is 32.1 Å². The van der Waals surface area contributed by atoms with Gasteiger partial charge >= 0.3 is 6.09 Å². The Kier molecular flexibility index (Phi) is 3.82. The van der Waals surface area contributed by atoms with Gasteiger partial charge in [-0.3, -0.25) is 4.79 Å². The summed E-state index contributed by atoms with van der Waals surface area (Å²) in [7, 11) is 0. The molecule has 0 aliphatic heterocycles. The van der Waals surface area contributed by atoms with Crippen LogP contribution in [0.5, 0.6) is 0 Å². The number of ketones is 1. The van der Waals surface area contributed by atoms with Crippen LogP contribution in [-0.2, 0) is 9.53 Å². The molecule has 1 amide bonds. The van der Waals surface area contributed by atoms with Crippen LogP contribution in [0, 0.1) is 34.5 Å². The highest BCUT2D eigenvalue weighted by molar-refractivity contribution is 5.91. The van der Waals surface area contributed by atoms with Crippen molar-refractivity contribution in [1.29, 1.82) is 0 Å². The van der Waals surface area contributed by atoms with Gasteiger partial charge in [-0.05, 0) is 73.7 Å². The molecule has 7 atom stereocenters. The normalized spacial score (nSPS) is 48.8. The van der Waals surface area contributed by atoms with Crippen LogP contribution in [-0.4, -0.2) is 18.0 Å². The first kappa shape index (κ1) is 17.1. The summed E-state index contributed by atoms with van der Waals surface area (Å²) in [5, 5.41) is 0. The first-order valence-corrected chi connectivity index (χ1v) is 9.95. The molecule has 3 unspecified atom stereocenters. The van der Waals surface area contributed by atoms with E-state index in [-0.39, 0.29) is 16.9 Å². The van der Waals surface area contributed by atoms with Crippen molar-refractivity contribution < 1.29 is 14.3 Å². The van der Waals surface area contributed by atoms with Gasteiger partial charge in [0.15, 0.2) is 5.78 Å². The molecular formula is C21H31NO3. The molecule has 4 heteroatoms. The van der Waals surface area contributed by atoms with Gasteiger partial charge in [-0.15, -0.1) is 0 Å². The van der Waals surface area contributed by atoms with Crippen LogP contribution in [0.3, 0.4) is 0 Å². The molecule has 0 aromatic rings. The fourth-order valence-corrected chi connectivity index (χ4v) is 7.19. The lowest BCUT2D eigenvalue weighted by molar-refractivity contribution is -0.119. The Hall–Kier alpha value is -1.32. The zero-order chi connectivity index (χ0) is 18.0. The second-order valence-corrected chi connectivity index (χ2v) is 9.57. The van der Waals surface area contributed by atoms with Gasteiger partial charge < -0.3 is 10.5 Å². The van der Waals surface area contributed by atoms with Crippen molar-refractivity contribution in [2.75, 3.05) is 0 Å². The quantitative estimate of drug-likeness (QED) is 0.773. The van der Waals surface area contributed by atoms with Gasteiger partial charge in [0.1, 0.15) is 6.10 Å². The zero-order valence-electron chi connectivity index (χ0n) is 15.7. The number of ether oxygens (including phenoxy) is 1. The molecular weight excluding hydrogens is 314 g/mol. The van der Waals surface area contributed by atoms with E-state index in [1.54, 1.807) is 0 Å². The van der Waals surface area contributed by atoms with Gasteiger partial charge in [-0.1, -0.05) is 26.3 Å². The lowest BCUT2D eigenvalue weighted by atomic mass is 9.45. The van der Waals surface area contributed by atoms with Gasteiger partial charge in [0, 0.05) is 11.8 Å². The Morgan fingerprint density at radius 2 is 1.96 bits per heavy atom. The van der Waals surface area contributed by atoms with Gasteiger partial charge in [0.05, 0.1) is 0 Å². The van der Waals surface area contributed by atoms with E-state index in [9.17, 15) is 9.59 Å². The van der Waals surface area contributed by atoms with E-state index >= 15 is 0 Å². The number of hydrogen-bond donors (Lipinski definition) is 1. The molecule has 0 heterocycles. The molecule has 0 aromatic carbocycles. The average molecular weight is 345 g/mol. The molecule has 25 heavy (non-hydrogen) atoms. The number of carbonyl (C=O) groups is 2. The molecule has 0 spiro atoms. The third kappa shape index (κ3) is 2.39. The maximum absolute atomic E-state index is 12.0. The average Bonchev–Trinajstić information content (AvgIpc) is 2.85. The number of nitrogens with two attached hydrogens (primary N) is 1. The van der Waals surface area contributed by atoms with Crippen molar-refractivity contribution in [1.82, 2.24) is 0 Å². The highest BCUT2D eigenvalue weighted by Crippen LogP contribution is 2.66. The van der Waals surface area contributed by atoms with Crippen LogP contribution >= 0.6 is 0 Å². The van der Waals surface area contributed by atoms with Crippen LogP contribution in [0.2, 0.25) is 0 Å². The minimum Gasteiger partial charge on any atom is -0.446 e. The van der Waals surface area contributed by atoms with Gasteiger partial charge in [-0.25, -0.2) is 4.79 Å². The van der Waals surface area contributed by atoms with Crippen molar-refractivity contribution in [2.45, 2.75) is 71.8 Å². The summed E-state index contributed by atoms with van der Waals surface area (Å²) in [6.45, 7) is 7.09. The summed E-state index contributed by atoms with van der Waals surface area (Å²) in [6.07, 6.45) is 8.42. The summed E-state index contributed by atoms with van der Waals surface area (Å²) >= 11 is 0.